The zero-order valence-electron chi connectivity index (χ0n) is 17.8. The summed E-state index contributed by atoms with van der Waals surface area (Å²) in [6, 6.07) is 21.6. The highest BCUT2D eigenvalue weighted by Crippen LogP contribution is 2.31. The average Bonchev–Trinajstić information content (AvgIpc) is 2.81. The molecule has 31 heavy (non-hydrogen) atoms. The Morgan fingerprint density at radius 1 is 0.903 bits per heavy atom. The number of methoxy groups -OCH3 is 2. The van der Waals surface area contributed by atoms with Crippen LogP contribution in [0.3, 0.4) is 0 Å². The van der Waals surface area contributed by atoms with Crippen LogP contribution in [-0.2, 0) is 6.42 Å². The number of rotatable bonds is 11. The van der Waals surface area contributed by atoms with Gasteiger partial charge in [-0.05, 0) is 53.9 Å². The van der Waals surface area contributed by atoms with Crippen LogP contribution in [0.4, 0.5) is 4.39 Å². The minimum absolute atomic E-state index is 0.0531. The number of nitrogens with one attached hydrogen (secondary N) is 1. The molecule has 164 valence electrons. The summed E-state index contributed by atoms with van der Waals surface area (Å²) in [5.41, 5.74) is 2.19. The molecular formula is C25H28FNO4. The summed E-state index contributed by atoms with van der Waals surface area (Å²) in [6.07, 6.45) is 0.00506. The van der Waals surface area contributed by atoms with E-state index in [1.165, 1.54) is 29.8 Å². The highest BCUT2D eigenvalue weighted by atomic mass is 19.1. The van der Waals surface area contributed by atoms with Gasteiger partial charge in [-0.3, -0.25) is 0 Å². The summed E-state index contributed by atoms with van der Waals surface area (Å²) >= 11 is 0. The SMILES string of the molecule is COc1ccc(C(Cc2ccccc2)NCC(O)COc2ccc(F)cc2)cc1OC. The third kappa shape index (κ3) is 6.70. The van der Waals surface area contributed by atoms with E-state index in [1.807, 2.05) is 36.4 Å². The van der Waals surface area contributed by atoms with Gasteiger partial charge in [0.15, 0.2) is 11.5 Å². The maximum atomic E-state index is 13.0. The molecule has 0 aliphatic heterocycles. The number of aliphatic hydroxyl groups excluding tert-OH is 1. The van der Waals surface area contributed by atoms with Gasteiger partial charge in [-0.15, -0.1) is 0 Å². The molecule has 0 heterocycles. The molecule has 0 fully saturated rings. The maximum Gasteiger partial charge on any atom is 0.161 e. The van der Waals surface area contributed by atoms with Gasteiger partial charge in [0.05, 0.1) is 14.2 Å². The third-order valence-electron chi connectivity index (χ3n) is 4.95. The molecular weight excluding hydrogens is 397 g/mol. The van der Waals surface area contributed by atoms with Crippen molar-refractivity contribution in [3.63, 3.8) is 0 Å². The number of hydrogen-bond donors (Lipinski definition) is 2. The van der Waals surface area contributed by atoms with Crippen molar-refractivity contribution in [2.75, 3.05) is 27.4 Å². The van der Waals surface area contributed by atoms with Gasteiger partial charge in [-0.2, -0.15) is 0 Å². The molecule has 5 nitrogen and oxygen atoms in total. The summed E-state index contributed by atoms with van der Waals surface area (Å²) in [7, 11) is 3.21. The Hall–Kier alpha value is -3.09. The highest BCUT2D eigenvalue weighted by Gasteiger charge is 2.17. The lowest BCUT2D eigenvalue weighted by Crippen LogP contribution is -2.34. The van der Waals surface area contributed by atoms with Crippen LogP contribution in [0, 0.1) is 5.82 Å². The van der Waals surface area contributed by atoms with Crippen molar-refractivity contribution in [2.24, 2.45) is 0 Å². The van der Waals surface area contributed by atoms with Crippen molar-refractivity contribution in [1.29, 1.82) is 0 Å². The first-order chi connectivity index (χ1) is 15.1. The minimum Gasteiger partial charge on any atom is -0.493 e. The Morgan fingerprint density at radius 3 is 2.29 bits per heavy atom. The first-order valence-electron chi connectivity index (χ1n) is 10.1. The molecule has 0 radical (unpaired) electrons. The van der Waals surface area contributed by atoms with Crippen molar-refractivity contribution in [2.45, 2.75) is 18.6 Å². The second-order valence-corrected chi connectivity index (χ2v) is 7.18. The fourth-order valence-electron chi connectivity index (χ4n) is 3.29. The Balaban J connectivity index is 1.67. The molecule has 3 aromatic rings. The number of ether oxygens (including phenoxy) is 3. The predicted molar refractivity (Wildman–Crippen MR) is 118 cm³/mol. The van der Waals surface area contributed by atoms with Gasteiger partial charge in [0, 0.05) is 12.6 Å². The smallest absolute Gasteiger partial charge is 0.161 e. The van der Waals surface area contributed by atoms with Crippen LogP contribution in [-0.4, -0.2) is 38.6 Å². The molecule has 0 saturated carbocycles. The van der Waals surface area contributed by atoms with Gasteiger partial charge >= 0.3 is 0 Å². The Morgan fingerprint density at radius 2 is 1.61 bits per heavy atom. The fourth-order valence-corrected chi connectivity index (χ4v) is 3.29. The molecule has 6 heteroatoms. The van der Waals surface area contributed by atoms with Crippen molar-refractivity contribution in [1.82, 2.24) is 5.32 Å². The molecule has 3 aromatic carbocycles. The van der Waals surface area contributed by atoms with Gasteiger partial charge in [0.25, 0.3) is 0 Å². The highest BCUT2D eigenvalue weighted by molar-refractivity contribution is 5.44. The molecule has 0 aliphatic rings. The van der Waals surface area contributed by atoms with E-state index in [0.717, 1.165) is 12.0 Å². The molecule has 2 unspecified atom stereocenters. The van der Waals surface area contributed by atoms with E-state index in [0.29, 0.717) is 23.8 Å². The van der Waals surface area contributed by atoms with Crippen LogP contribution in [0.1, 0.15) is 17.2 Å². The van der Waals surface area contributed by atoms with E-state index >= 15 is 0 Å². The van der Waals surface area contributed by atoms with Crippen LogP contribution < -0.4 is 19.5 Å². The van der Waals surface area contributed by atoms with Gasteiger partial charge < -0.3 is 24.6 Å². The number of hydrogen-bond acceptors (Lipinski definition) is 5. The van der Waals surface area contributed by atoms with E-state index in [9.17, 15) is 9.50 Å². The quantitative estimate of drug-likeness (QED) is 0.483. The molecule has 0 spiro atoms. The summed E-state index contributed by atoms with van der Waals surface area (Å²) in [5.74, 6) is 1.51. The number of halogens is 1. The summed E-state index contributed by atoms with van der Waals surface area (Å²) in [4.78, 5) is 0. The number of aliphatic hydroxyl groups is 1. The molecule has 0 aromatic heterocycles. The maximum absolute atomic E-state index is 13.0. The van der Waals surface area contributed by atoms with Crippen LogP contribution in [0.25, 0.3) is 0 Å². The summed E-state index contributed by atoms with van der Waals surface area (Å²) < 4.78 is 29.4. The first kappa shape index (κ1) is 22.6. The van der Waals surface area contributed by atoms with Crippen molar-refractivity contribution >= 4 is 0 Å². The largest absolute Gasteiger partial charge is 0.493 e. The lowest BCUT2D eigenvalue weighted by atomic mass is 9.98. The second-order valence-electron chi connectivity index (χ2n) is 7.18. The summed E-state index contributed by atoms with van der Waals surface area (Å²) in [5, 5.41) is 13.8. The molecule has 0 saturated heterocycles. The fraction of sp³-hybridized carbons (Fsp3) is 0.280. The van der Waals surface area contributed by atoms with E-state index < -0.39 is 6.10 Å². The Kier molecular flexibility index (Phi) is 8.27. The van der Waals surface area contributed by atoms with E-state index in [-0.39, 0.29) is 18.5 Å². The average molecular weight is 426 g/mol. The Labute approximate surface area is 182 Å². The molecule has 0 bridgehead atoms. The van der Waals surface area contributed by atoms with E-state index in [2.05, 4.69) is 17.4 Å². The van der Waals surface area contributed by atoms with E-state index in [4.69, 9.17) is 14.2 Å². The van der Waals surface area contributed by atoms with Crippen LogP contribution in [0.2, 0.25) is 0 Å². The lowest BCUT2D eigenvalue weighted by Gasteiger charge is -2.23. The van der Waals surface area contributed by atoms with Crippen LogP contribution in [0.5, 0.6) is 17.2 Å². The van der Waals surface area contributed by atoms with Crippen LogP contribution in [0.15, 0.2) is 72.8 Å². The van der Waals surface area contributed by atoms with Crippen molar-refractivity contribution < 1.29 is 23.7 Å². The first-order valence-corrected chi connectivity index (χ1v) is 10.1. The zero-order chi connectivity index (χ0) is 22.1. The van der Waals surface area contributed by atoms with Crippen molar-refractivity contribution in [3.05, 3.63) is 89.7 Å². The van der Waals surface area contributed by atoms with Crippen LogP contribution >= 0.6 is 0 Å². The topological polar surface area (TPSA) is 60.0 Å². The zero-order valence-corrected chi connectivity index (χ0v) is 17.8. The van der Waals surface area contributed by atoms with Gasteiger partial charge in [-0.25, -0.2) is 4.39 Å². The Bertz CT molecular complexity index is 934. The monoisotopic (exact) mass is 425 g/mol. The predicted octanol–water partition coefficient (Wildman–Crippen LogP) is 4.16. The molecule has 2 atom stereocenters. The third-order valence-corrected chi connectivity index (χ3v) is 4.95. The number of benzene rings is 3. The van der Waals surface area contributed by atoms with E-state index in [1.54, 1.807) is 14.2 Å². The lowest BCUT2D eigenvalue weighted by molar-refractivity contribution is 0.103. The van der Waals surface area contributed by atoms with Gasteiger partial charge in [-0.1, -0.05) is 36.4 Å². The standard InChI is InChI=1S/C25H28FNO4/c1-29-24-13-8-19(15-25(24)30-2)23(14-18-6-4-3-5-7-18)27-16-21(28)17-31-22-11-9-20(26)10-12-22/h3-13,15,21,23,27-28H,14,16-17H2,1-2H3. The van der Waals surface area contributed by atoms with Crippen molar-refractivity contribution in [3.8, 4) is 17.2 Å². The molecule has 2 N–H and O–H groups in total. The minimum atomic E-state index is -0.733. The van der Waals surface area contributed by atoms with Gasteiger partial charge in [0.1, 0.15) is 24.3 Å². The molecule has 0 amide bonds. The molecule has 0 aliphatic carbocycles. The second kappa shape index (κ2) is 11.3. The summed E-state index contributed by atoms with van der Waals surface area (Å²) in [6.45, 7) is 0.426. The van der Waals surface area contributed by atoms with Gasteiger partial charge in [0.2, 0.25) is 0 Å². The normalized spacial score (nSPS) is 12.8. The molecule has 3 rings (SSSR count).